The maximum Gasteiger partial charge on any atom is 0.161 e. The molecule has 0 saturated heterocycles. The first-order chi connectivity index (χ1) is 10.1. The molecule has 2 atom stereocenters. The van der Waals surface area contributed by atoms with Crippen LogP contribution in [0.1, 0.15) is 31.1 Å². The zero-order chi connectivity index (χ0) is 15.2. The summed E-state index contributed by atoms with van der Waals surface area (Å²) >= 11 is 0. The lowest BCUT2D eigenvalue weighted by atomic mass is 10.0. The van der Waals surface area contributed by atoms with Gasteiger partial charge in [-0.25, -0.2) is 0 Å². The summed E-state index contributed by atoms with van der Waals surface area (Å²) in [6, 6.07) is 15.3. The zero-order valence-corrected chi connectivity index (χ0v) is 12.7. The lowest BCUT2D eigenvalue weighted by Crippen LogP contribution is -2.22. The summed E-state index contributed by atoms with van der Waals surface area (Å²) in [4.78, 5) is 0. The van der Waals surface area contributed by atoms with E-state index in [0.717, 1.165) is 5.56 Å². The molecule has 112 valence electrons. The zero-order valence-electron chi connectivity index (χ0n) is 12.7. The number of rotatable bonds is 6. The van der Waals surface area contributed by atoms with Gasteiger partial charge in [0.1, 0.15) is 12.2 Å². The molecule has 0 spiro atoms. The Hall–Kier alpha value is -2.00. The molecule has 1 N–H and O–H groups in total. The molecule has 0 saturated carbocycles. The molecule has 0 radical (unpaired) electrons. The van der Waals surface area contributed by atoms with Gasteiger partial charge in [-0.3, -0.25) is 0 Å². The molecule has 3 nitrogen and oxygen atoms in total. The third-order valence-electron chi connectivity index (χ3n) is 3.33. The fourth-order valence-electron chi connectivity index (χ4n) is 2.12. The summed E-state index contributed by atoms with van der Waals surface area (Å²) in [5.74, 6) is 1.35. The summed E-state index contributed by atoms with van der Waals surface area (Å²) in [7, 11) is 0. The van der Waals surface area contributed by atoms with Crippen LogP contribution in [0, 0.1) is 6.92 Å². The van der Waals surface area contributed by atoms with E-state index in [-0.39, 0.29) is 6.10 Å². The number of aliphatic hydroxyl groups excluding tert-OH is 1. The minimum Gasteiger partial charge on any atom is -0.490 e. The van der Waals surface area contributed by atoms with Gasteiger partial charge in [0.2, 0.25) is 0 Å². The Morgan fingerprint density at radius 3 is 2.24 bits per heavy atom. The molecule has 0 amide bonds. The van der Waals surface area contributed by atoms with Crippen LogP contribution in [0.2, 0.25) is 0 Å². The van der Waals surface area contributed by atoms with Gasteiger partial charge >= 0.3 is 0 Å². The minimum absolute atomic E-state index is 0.366. The van der Waals surface area contributed by atoms with Gasteiger partial charge in [0.15, 0.2) is 11.5 Å². The highest BCUT2D eigenvalue weighted by Crippen LogP contribution is 2.30. The van der Waals surface area contributed by atoms with Crippen LogP contribution in [-0.4, -0.2) is 17.8 Å². The van der Waals surface area contributed by atoms with Crippen LogP contribution in [-0.2, 0) is 0 Å². The molecule has 0 aliphatic rings. The van der Waals surface area contributed by atoms with Gasteiger partial charge in [-0.05, 0) is 38.5 Å². The van der Waals surface area contributed by atoms with Gasteiger partial charge in [-0.1, -0.05) is 42.0 Å². The molecule has 21 heavy (non-hydrogen) atoms. The third-order valence-corrected chi connectivity index (χ3v) is 3.33. The number of para-hydroxylation sites is 2. The molecule has 0 heterocycles. The first-order valence-electron chi connectivity index (χ1n) is 7.25. The number of aliphatic hydroxyl groups is 1. The van der Waals surface area contributed by atoms with E-state index in [1.54, 1.807) is 0 Å². The average Bonchev–Trinajstić information content (AvgIpc) is 2.49. The lowest BCUT2D eigenvalue weighted by Gasteiger charge is -2.22. The maximum atomic E-state index is 10.4. The Labute approximate surface area is 126 Å². The quantitative estimate of drug-likeness (QED) is 0.875. The number of ether oxygens (including phenoxy) is 2. The van der Waals surface area contributed by atoms with Gasteiger partial charge in [0.25, 0.3) is 0 Å². The predicted octanol–water partition coefficient (Wildman–Crippen LogP) is 3.89. The molecule has 2 aromatic rings. The van der Waals surface area contributed by atoms with Crippen molar-refractivity contribution in [3.63, 3.8) is 0 Å². The van der Waals surface area contributed by atoms with Crippen LogP contribution < -0.4 is 9.47 Å². The Morgan fingerprint density at radius 1 is 1.00 bits per heavy atom. The van der Waals surface area contributed by atoms with Crippen molar-refractivity contribution < 1.29 is 14.6 Å². The van der Waals surface area contributed by atoms with Crippen LogP contribution in [0.3, 0.4) is 0 Å². The van der Waals surface area contributed by atoms with Crippen molar-refractivity contribution in [3.05, 3.63) is 59.7 Å². The molecule has 0 aliphatic carbocycles. The Balaban J connectivity index is 2.10. The lowest BCUT2D eigenvalue weighted by molar-refractivity contribution is 0.0448. The van der Waals surface area contributed by atoms with Gasteiger partial charge in [-0.2, -0.15) is 0 Å². The minimum atomic E-state index is -0.680. The van der Waals surface area contributed by atoms with Crippen molar-refractivity contribution in [2.75, 3.05) is 6.61 Å². The summed E-state index contributed by atoms with van der Waals surface area (Å²) in [5, 5.41) is 10.4. The summed E-state index contributed by atoms with van der Waals surface area (Å²) < 4.78 is 11.4. The van der Waals surface area contributed by atoms with Crippen LogP contribution >= 0.6 is 0 Å². The Morgan fingerprint density at radius 2 is 1.62 bits per heavy atom. The number of aryl methyl sites for hydroxylation is 1. The standard InChI is InChI=1S/C18H22O3/c1-4-20-16-7-5-6-8-17(16)21-14(3)18(19)15-11-9-13(2)10-12-15/h5-12,14,18-19H,4H2,1-3H3. The molecule has 2 unspecified atom stereocenters. The van der Waals surface area contributed by atoms with Crippen molar-refractivity contribution in [2.45, 2.75) is 33.0 Å². The van der Waals surface area contributed by atoms with Gasteiger partial charge in [0.05, 0.1) is 6.61 Å². The maximum absolute atomic E-state index is 10.4. The highest BCUT2D eigenvalue weighted by molar-refractivity contribution is 5.39. The molecule has 0 bridgehead atoms. The molecular weight excluding hydrogens is 264 g/mol. The van der Waals surface area contributed by atoms with E-state index < -0.39 is 6.10 Å². The highest BCUT2D eigenvalue weighted by Gasteiger charge is 2.19. The molecule has 3 heteroatoms. The predicted molar refractivity (Wildman–Crippen MR) is 83.8 cm³/mol. The van der Waals surface area contributed by atoms with E-state index in [0.29, 0.717) is 18.1 Å². The molecule has 0 aromatic heterocycles. The second-order valence-electron chi connectivity index (χ2n) is 5.06. The third kappa shape index (κ3) is 3.99. The molecule has 0 fully saturated rings. The monoisotopic (exact) mass is 286 g/mol. The molecule has 2 rings (SSSR count). The van der Waals surface area contributed by atoms with Crippen molar-refractivity contribution in [1.29, 1.82) is 0 Å². The van der Waals surface area contributed by atoms with Crippen molar-refractivity contribution in [2.24, 2.45) is 0 Å². The Kier molecular flexibility index (Phi) is 5.23. The molecule has 0 aliphatic heterocycles. The van der Waals surface area contributed by atoms with Gasteiger partial charge < -0.3 is 14.6 Å². The topological polar surface area (TPSA) is 38.7 Å². The fraction of sp³-hybridized carbons (Fsp3) is 0.333. The Bertz CT molecular complexity index is 563. The van der Waals surface area contributed by atoms with Crippen LogP contribution in [0.5, 0.6) is 11.5 Å². The SMILES string of the molecule is CCOc1ccccc1OC(C)C(O)c1ccc(C)cc1. The largest absolute Gasteiger partial charge is 0.490 e. The van der Waals surface area contributed by atoms with E-state index >= 15 is 0 Å². The van der Waals surface area contributed by atoms with Gasteiger partial charge in [-0.15, -0.1) is 0 Å². The number of benzene rings is 2. The van der Waals surface area contributed by atoms with Crippen molar-refractivity contribution in [3.8, 4) is 11.5 Å². The second-order valence-corrected chi connectivity index (χ2v) is 5.06. The van der Waals surface area contributed by atoms with Crippen LogP contribution in [0.25, 0.3) is 0 Å². The first-order valence-corrected chi connectivity index (χ1v) is 7.25. The van der Waals surface area contributed by atoms with E-state index in [9.17, 15) is 5.11 Å². The van der Waals surface area contributed by atoms with Crippen molar-refractivity contribution >= 4 is 0 Å². The van der Waals surface area contributed by atoms with E-state index in [1.807, 2.05) is 69.3 Å². The smallest absolute Gasteiger partial charge is 0.161 e. The van der Waals surface area contributed by atoms with E-state index in [4.69, 9.17) is 9.47 Å². The van der Waals surface area contributed by atoms with Crippen LogP contribution in [0.4, 0.5) is 0 Å². The number of hydrogen-bond donors (Lipinski definition) is 1. The summed E-state index contributed by atoms with van der Waals surface area (Å²) in [6.45, 7) is 6.39. The summed E-state index contributed by atoms with van der Waals surface area (Å²) in [5.41, 5.74) is 2.02. The molecular formula is C18H22O3. The molecule has 2 aromatic carbocycles. The van der Waals surface area contributed by atoms with Crippen molar-refractivity contribution in [1.82, 2.24) is 0 Å². The highest BCUT2D eigenvalue weighted by atomic mass is 16.5. The van der Waals surface area contributed by atoms with Crippen LogP contribution in [0.15, 0.2) is 48.5 Å². The van der Waals surface area contributed by atoms with E-state index in [2.05, 4.69) is 0 Å². The normalized spacial score (nSPS) is 13.5. The number of hydrogen-bond acceptors (Lipinski definition) is 3. The second kappa shape index (κ2) is 7.14. The van der Waals surface area contributed by atoms with E-state index in [1.165, 1.54) is 5.56 Å². The fourth-order valence-corrected chi connectivity index (χ4v) is 2.12. The average molecular weight is 286 g/mol. The van der Waals surface area contributed by atoms with Gasteiger partial charge in [0, 0.05) is 0 Å². The first kappa shape index (κ1) is 15.4. The summed E-state index contributed by atoms with van der Waals surface area (Å²) in [6.07, 6.45) is -1.05.